The van der Waals surface area contributed by atoms with Gasteiger partial charge in [0.05, 0.1) is 41.1 Å². The zero-order valence-electron chi connectivity index (χ0n) is 21.9. The maximum atomic E-state index is 13.5. The van der Waals surface area contributed by atoms with Gasteiger partial charge in [0.2, 0.25) is 0 Å². The Hall–Kier alpha value is -3.59. The molecule has 5 heterocycles. The lowest BCUT2D eigenvalue weighted by Crippen LogP contribution is -2.58. The summed E-state index contributed by atoms with van der Waals surface area (Å²) in [6, 6.07) is 10.5. The molecule has 9 heteroatoms. The quantitative estimate of drug-likeness (QED) is 0.437. The zero-order chi connectivity index (χ0) is 27.5. The van der Waals surface area contributed by atoms with E-state index < -0.39 is 6.10 Å². The molecular formula is C31H29ClN4O4. The number of fused-ring (bicyclic) bond motifs is 5. The maximum absolute atomic E-state index is 13.5. The fraction of sp³-hybridized carbons (Fsp3) is 0.355. The largest absolute Gasteiger partial charge is 0.386 e. The van der Waals surface area contributed by atoms with E-state index in [1.54, 1.807) is 42.5 Å². The maximum Gasteiger partial charge on any atom is 0.261 e. The third-order valence-electron chi connectivity index (χ3n) is 8.83. The van der Waals surface area contributed by atoms with Crippen LogP contribution in [0.25, 0.3) is 0 Å². The number of anilines is 1. The Morgan fingerprint density at radius 2 is 1.85 bits per heavy atom. The van der Waals surface area contributed by atoms with E-state index in [0.29, 0.717) is 51.0 Å². The van der Waals surface area contributed by atoms with Crippen molar-refractivity contribution >= 4 is 40.6 Å². The van der Waals surface area contributed by atoms with Crippen molar-refractivity contribution in [3.63, 3.8) is 0 Å². The van der Waals surface area contributed by atoms with Crippen LogP contribution in [0.4, 0.5) is 5.69 Å². The van der Waals surface area contributed by atoms with E-state index in [1.165, 1.54) is 4.90 Å². The van der Waals surface area contributed by atoms with Crippen LogP contribution in [0.1, 0.15) is 57.2 Å². The third kappa shape index (κ3) is 4.22. The van der Waals surface area contributed by atoms with Crippen LogP contribution in [0.5, 0.6) is 0 Å². The van der Waals surface area contributed by atoms with Gasteiger partial charge in [0.25, 0.3) is 11.8 Å². The number of hydrogen-bond acceptors (Lipinski definition) is 7. The Bertz CT molecular complexity index is 1510. The lowest BCUT2D eigenvalue weighted by atomic mass is 9.83. The standard InChI is InChI=1S/C31H29ClN4O4/c32-20-4-1-3-18(11-20)28(38)15-33-23-5-2-6-27(37)29(23)25-13-19-12-21-22(14-24(19)34-25)31(40)36(30(21)39)26-16-35-9-7-17(26)8-10-35/h1-5,11-12,14,17,26,28,34,38H,6-10,13,15-16H2/t26?,28-/m1/s1. The van der Waals surface area contributed by atoms with E-state index in [1.807, 2.05) is 6.07 Å². The number of ketones is 1. The van der Waals surface area contributed by atoms with Gasteiger partial charge in [-0.2, -0.15) is 0 Å². The fourth-order valence-electron chi connectivity index (χ4n) is 6.75. The van der Waals surface area contributed by atoms with Gasteiger partial charge in [-0.15, -0.1) is 0 Å². The number of imide groups is 1. The zero-order valence-corrected chi connectivity index (χ0v) is 22.7. The minimum Gasteiger partial charge on any atom is -0.386 e. The average molecular weight is 557 g/mol. The number of Topliss-reactive ketones (excluding diaryl/α,β-unsaturated/α-hetero) is 1. The number of nitrogens with one attached hydrogen (secondary N) is 1. The van der Waals surface area contributed by atoms with Gasteiger partial charge in [-0.05, 0) is 73.3 Å². The van der Waals surface area contributed by atoms with E-state index >= 15 is 0 Å². The number of hydrogen-bond donors (Lipinski definition) is 2. The van der Waals surface area contributed by atoms with Crippen molar-refractivity contribution in [2.24, 2.45) is 10.9 Å². The van der Waals surface area contributed by atoms with Gasteiger partial charge in [-0.3, -0.25) is 24.3 Å². The first-order valence-corrected chi connectivity index (χ1v) is 14.2. The van der Waals surface area contributed by atoms with Crippen molar-refractivity contribution in [3.8, 4) is 0 Å². The third-order valence-corrected chi connectivity index (χ3v) is 9.07. The number of halogens is 1. The SMILES string of the molecule is O=C1CC=CC(=NC[C@@H](O)c2cccc(Cl)c2)C1=C1Cc2cc3c(cc2N1)C(=O)N(C1CN2CCC1CC2)C3=O. The van der Waals surface area contributed by atoms with Crippen LogP contribution in [0.3, 0.4) is 0 Å². The van der Waals surface area contributed by atoms with Gasteiger partial charge < -0.3 is 15.3 Å². The summed E-state index contributed by atoms with van der Waals surface area (Å²) < 4.78 is 0. The Morgan fingerprint density at radius 1 is 1.07 bits per heavy atom. The van der Waals surface area contributed by atoms with Gasteiger partial charge in [0.1, 0.15) is 0 Å². The monoisotopic (exact) mass is 556 g/mol. The molecule has 3 saturated heterocycles. The van der Waals surface area contributed by atoms with Crippen LogP contribution in [-0.4, -0.2) is 70.4 Å². The Labute approximate surface area is 237 Å². The van der Waals surface area contributed by atoms with Crippen LogP contribution in [0.2, 0.25) is 5.02 Å². The molecule has 5 aliphatic heterocycles. The van der Waals surface area contributed by atoms with Gasteiger partial charge in [-0.25, -0.2) is 0 Å². The second-order valence-corrected chi connectivity index (χ2v) is 11.7. The Kier molecular flexibility index (Phi) is 6.22. The summed E-state index contributed by atoms with van der Waals surface area (Å²) in [5, 5.41) is 14.5. The number of piperidine rings is 3. The number of allylic oxidation sites excluding steroid dienone is 4. The lowest BCUT2D eigenvalue weighted by Gasteiger charge is -2.47. The van der Waals surface area contributed by atoms with E-state index in [9.17, 15) is 19.5 Å². The molecule has 0 saturated carbocycles. The minimum atomic E-state index is -0.865. The minimum absolute atomic E-state index is 0.0666. The van der Waals surface area contributed by atoms with Gasteiger partial charge in [0.15, 0.2) is 5.78 Å². The summed E-state index contributed by atoms with van der Waals surface area (Å²) in [5.74, 6) is -0.133. The summed E-state index contributed by atoms with van der Waals surface area (Å²) in [5.41, 5.74) is 4.80. The molecule has 1 aliphatic carbocycles. The van der Waals surface area contributed by atoms with Gasteiger partial charge in [-0.1, -0.05) is 29.8 Å². The van der Waals surface area contributed by atoms with Crippen LogP contribution in [0.15, 0.2) is 64.8 Å². The summed E-state index contributed by atoms with van der Waals surface area (Å²) >= 11 is 6.06. The highest BCUT2D eigenvalue weighted by Gasteiger charge is 2.47. The topological polar surface area (TPSA) is 102 Å². The number of aliphatic hydroxyl groups excluding tert-OH is 1. The molecular weight excluding hydrogens is 528 g/mol. The smallest absolute Gasteiger partial charge is 0.261 e. The van der Waals surface area contributed by atoms with Crippen LogP contribution in [0, 0.1) is 5.92 Å². The molecule has 1 unspecified atom stereocenters. The van der Waals surface area contributed by atoms with Crippen molar-refractivity contribution in [1.82, 2.24) is 9.80 Å². The van der Waals surface area contributed by atoms with Crippen LogP contribution >= 0.6 is 11.6 Å². The normalized spacial score (nSPS) is 28.8. The molecule has 0 radical (unpaired) electrons. The van der Waals surface area contributed by atoms with Gasteiger partial charge in [0, 0.05) is 35.8 Å². The van der Waals surface area contributed by atoms with Crippen LogP contribution < -0.4 is 5.32 Å². The van der Waals surface area contributed by atoms with Crippen molar-refractivity contribution in [1.29, 1.82) is 0 Å². The van der Waals surface area contributed by atoms with E-state index in [-0.39, 0.29) is 36.6 Å². The van der Waals surface area contributed by atoms with Gasteiger partial charge >= 0.3 is 0 Å². The summed E-state index contributed by atoms with van der Waals surface area (Å²) in [7, 11) is 0. The molecule has 2 amide bonds. The molecule has 204 valence electrons. The average Bonchev–Trinajstić information content (AvgIpc) is 3.48. The molecule has 2 atom stereocenters. The molecule has 2 N–H and O–H groups in total. The molecule has 6 aliphatic rings. The van der Waals surface area contributed by atoms with Crippen molar-refractivity contribution in [2.45, 2.75) is 37.8 Å². The number of aliphatic imine (C=N–C) groups is 1. The highest BCUT2D eigenvalue weighted by atomic mass is 35.5. The van der Waals surface area contributed by atoms with Crippen molar-refractivity contribution in [3.05, 3.63) is 87.1 Å². The fourth-order valence-corrected chi connectivity index (χ4v) is 6.95. The number of benzene rings is 2. The highest BCUT2D eigenvalue weighted by Crippen LogP contribution is 2.40. The first-order chi connectivity index (χ1) is 19.4. The highest BCUT2D eigenvalue weighted by molar-refractivity contribution is 6.30. The number of carbonyl (C=O) groups is 3. The number of aliphatic hydroxyl groups is 1. The summed E-state index contributed by atoms with van der Waals surface area (Å²) in [6.07, 6.45) is 5.44. The first-order valence-electron chi connectivity index (χ1n) is 13.8. The molecule has 0 spiro atoms. The number of carbonyl (C=O) groups excluding carboxylic acids is 3. The van der Waals surface area contributed by atoms with E-state index in [2.05, 4.69) is 15.2 Å². The number of amides is 2. The molecule has 40 heavy (non-hydrogen) atoms. The molecule has 8 nitrogen and oxygen atoms in total. The van der Waals surface area contributed by atoms with Crippen molar-refractivity contribution < 1.29 is 19.5 Å². The van der Waals surface area contributed by atoms with Crippen LogP contribution in [-0.2, 0) is 11.2 Å². The Morgan fingerprint density at radius 3 is 2.58 bits per heavy atom. The van der Waals surface area contributed by atoms with E-state index in [4.69, 9.17) is 11.6 Å². The lowest BCUT2D eigenvalue weighted by molar-refractivity contribution is -0.114. The molecule has 3 fully saturated rings. The Balaban J connectivity index is 1.15. The molecule has 0 aromatic heterocycles. The molecule has 8 rings (SSSR count). The number of rotatable bonds is 4. The molecule has 2 aromatic carbocycles. The second-order valence-electron chi connectivity index (χ2n) is 11.2. The molecule has 2 aromatic rings. The van der Waals surface area contributed by atoms with Crippen molar-refractivity contribution in [2.75, 3.05) is 31.5 Å². The second kappa shape index (κ2) is 9.80. The predicted molar refractivity (Wildman–Crippen MR) is 152 cm³/mol. The predicted octanol–water partition coefficient (Wildman–Crippen LogP) is 3.96. The number of nitrogens with zero attached hydrogens (tertiary/aromatic N) is 3. The van der Waals surface area contributed by atoms with E-state index in [0.717, 1.165) is 43.7 Å². The molecule has 2 bridgehead atoms. The first kappa shape index (κ1) is 25.4. The summed E-state index contributed by atoms with van der Waals surface area (Å²) in [4.78, 5) is 48.5. The summed E-state index contributed by atoms with van der Waals surface area (Å²) in [6.45, 7) is 2.91.